The van der Waals surface area contributed by atoms with Crippen molar-refractivity contribution in [2.24, 2.45) is 11.5 Å². The van der Waals surface area contributed by atoms with Crippen molar-refractivity contribution in [2.75, 3.05) is 18.6 Å². The summed E-state index contributed by atoms with van der Waals surface area (Å²) in [5, 5.41) is 17.7. The standard InChI is InChI=1S/C30H38N6O7S/c1-44-12-11-23(30(42)43-17-18-7-3-2-4-8-18)34-29(41)25(14-26(32)38)36-28(40)24(35-27(39)21(31)16-37)13-19-15-33-22-10-6-5-9-20(19)22/h2-10,15,21,23-25,33,37H,11-14,16-17,31H2,1H3,(H2,32,38)(H,34,41)(H,35,39)(H,36,40)/t21-,23-,24-,25-/m0/s1. The third-order valence-electron chi connectivity index (χ3n) is 6.74. The molecule has 0 aliphatic heterocycles. The maximum atomic E-state index is 13.5. The molecule has 0 unspecified atom stereocenters. The molecule has 0 aliphatic carbocycles. The van der Waals surface area contributed by atoms with Gasteiger partial charge in [0.05, 0.1) is 13.0 Å². The first-order valence-corrected chi connectivity index (χ1v) is 15.3. The van der Waals surface area contributed by atoms with Gasteiger partial charge in [0.2, 0.25) is 23.6 Å². The highest BCUT2D eigenvalue weighted by atomic mass is 32.2. The number of rotatable bonds is 17. The van der Waals surface area contributed by atoms with E-state index in [9.17, 15) is 29.1 Å². The molecule has 3 aromatic rings. The first kappa shape index (κ1) is 34.1. The van der Waals surface area contributed by atoms with Crippen LogP contribution in [0.5, 0.6) is 0 Å². The molecule has 4 atom stereocenters. The first-order valence-electron chi connectivity index (χ1n) is 13.9. The van der Waals surface area contributed by atoms with E-state index < -0.39 is 66.8 Å². The van der Waals surface area contributed by atoms with Gasteiger partial charge in [0.25, 0.3) is 0 Å². The molecule has 0 spiro atoms. The number of aromatic amines is 1. The van der Waals surface area contributed by atoms with E-state index in [-0.39, 0.29) is 19.4 Å². The first-order chi connectivity index (χ1) is 21.1. The molecule has 0 bridgehead atoms. The van der Waals surface area contributed by atoms with Crippen molar-refractivity contribution in [1.29, 1.82) is 0 Å². The molecule has 0 fully saturated rings. The normalized spacial score (nSPS) is 13.7. The summed E-state index contributed by atoms with van der Waals surface area (Å²) in [7, 11) is 0. The number of para-hydroxylation sites is 1. The summed E-state index contributed by atoms with van der Waals surface area (Å²) < 4.78 is 5.41. The van der Waals surface area contributed by atoms with Crippen molar-refractivity contribution in [1.82, 2.24) is 20.9 Å². The van der Waals surface area contributed by atoms with Gasteiger partial charge in [-0.3, -0.25) is 19.2 Å². The van der Waals surface area contributed by atoms with Crippen molar-refractivity contribution in [3.8, 4) is 0 Å². The predicted molar refractivity (Wildman–Crippen MR) is 166 cm³/mol. The SMILES string of the molecule is CSCC[C@H](NC(=O)[C@H](CC(N)=O)NC(=O)[C@H](Cc1c[nH]c2ccccc12)NC(=O)[C@@H](N)CO)C(=O)OCc1ccccc1. The summed E-state index contributed by atoms with van der Waals surface area (Å²) in [6.07, 6.45) is 3.18. The Morgan fingerprint density at radius 3 is 2.23 bits per heavy atom. The van der Waals surface area contributed by atoms with Crippen LogP contribution >= 0.6 is 11.8 Å². The molecule has 9 N–H and O–H groups in total. The average Bonchev–Trinajstić information content (AvgIpc) is 3.43. The monoisotopic (exact) mass is 626 g/mol. The lowest BCUT2D eigenvalue weighted by atomic mass is 10.0. The Kier molecular flexibility index (Phi) is 13.2. The maximum Gasteiger partial charge on any atom is 0.329 e. The minimum Gasteiger partial charge on any atom is -0.459 e. The largest absolute Gasteiger partial charge is 0.459 e. The van der Waals surface area contributed by atoms with Crippen LogP contribution in [0, 0.1) is 0 Å². The zero-order valence-corrected chi connectivity index (χ0v) is 25.1. The Bertz CT molecular complexity index is 1430. The van der Waals surface area contributed by atoms with E-state index in [1.54, 1.807) is 30.5 Å². The number of nitrogens with two attached hydrogens (primary N) is 2. The Balaban J connectivity index is 1.78. The van der Waals surface area contributed by atoms with E-state index in [1.165, 1.54) is 11.8 Å². The van der Waals surface area contributed by atoms with Gasteiger partial charge in [-0.25, -0.2) is 4.79 Å². The van der Waals surface area contributed by atoms with Crippen LogP contribution in [0.4, 0.5) is 0 Å². The number of hydrogen-bond donors (Lipinski definition) is 7. The summed E-state index contributed by atoms with van der Waals surface area (Å²) in [4.78, 5) is 67.4. The number of aromatic nitrogens is 1. The number of aliphatic hydroxyl groups is 1. The fraction of sp³-hybridized carbons (Fsp3) is 0.367. The second kappa shape index (κ2) is 17.0. The quantitative estimate of drug-likeness (QED) is 0.0990. The van der Waals surface area contributed by atoms with Gasteiger partial charge in [-0.05, 0) is 35.6 Å². The smallest absolute Gasteiger partial charge is 0.329 e. The van der Waals surface area contributed by atoms with Crippen LogP contribution in [0.2, 0.25) is 0 Å². The highest BCUT2D eigenvalue weighted by Crippen LogP contribution is 2.19. The minimum absolute atomic E-state index is 0.00203. The van der Waals surface area contributed by atoms with Crippen LogP contribution in [0.1, 0.15) is 24.0 Å². The summed E-state index contributed by atoms with van der Waals surface area (Å²) in [6, 6.07) is 11.3. The number of esters is 1. The third kappa shape index (κ3) is 10.1. The van der Waals surface area contributed by atoms with Crippen LogP contribution in [0.15, 0.2) is 60.8 Å². The van der Waals surface area contributed by atoms with Gasteiger partial charge in [0, 0.05) is 23.5 Å². The van der Waals surface area contributed by atoms with Crippen molar-refractivity contribution in [2.45, 2.75) is 50.0 Å². The van der Waals surface area contributed by atoms with Crippen LogP contribution in [0.3, 0.4) is 0 Å². The molecule has 0 aliphatic rings. The molecular formula is C30H38N6O7S. The van der Waals surface area contributed by atoms with E-state index in [0.29, 0.717) is 11.3 Å². The molecule has 13 nitrogen and oxygen atoms in total. The Hall–Kier alpha value is -4.40. The van der Waals surface area contributed by atoms with Crippen LogP contribution < -0.4 is 27.4 Å². The van der Waals surface area contributed by atoms with E-state index in [1.807, 2.05) is 36.6 Å². The number of thioether (sulfide) groups is 1. The molecule has 1 aromatic heterocycles. The van der Waals surface area contributed by atoms with Gasteiger partial charge in [-0.1, -0.05) is 48.5 Å². The van der Waals surface area contributed by atoms with E-state index in [4.69, 9.17) is 16.2 Å². The van der Waals surface area contributed by atoms with E-state index in [0.717, 1.165) is 16.5 Å². The average molecular weight is 627 g/mol. The number of H-pyrrole nitrogens is 1. The Morgan fingerprint density at radius 1 is 0.909 bits per heavy atom. The Labute approximate surface area is 258 Å². The molecule has 44 heavy (non-hydrogen) atoms. The molecule has 3 rings (SSSR count). The summed E-state index contributed by atoms with van der Waals surface area (Å²) >= 11 is 1.46. The summed E-state index contributed by atoms with van der Waals surface area (Å²) in [5.74, 6) is -3.46. The second-order valence-electron chi connectivity index (χ2n) is 10.1. The molecule has 4 amide bonds. The highest BCUT2D eigenvalue weighted by Gasteiger charge is 2.32. The molecule has 0 saturated carbocycles. The Morgan fingerprint density at radius 2 is 1.55 bits per heavy atom. The second-order valence-corrected chi connectivity index (χ2v) is 11.1. The summed E-state index contributed by atoms with van der Waals surface area (Å²) in [5.41, 5.74) is 13.3. The highest BCUT2D eigenvalue weighted by molar-refractivity contribution is 7.98. The van der Waals surface area contributed by atoms with Crippen molar-refractivity contribution in [3.05, 3.63) is 71.9 Å². The fourth-order valence-corrected chi connectivity index (χ4v) is 4.83. The van der Waals surface area contributed by atoms with Crippen LogP contribution in [-0.4, -0.2) is 82.5 Å². The van der Waals surface area contributed by atoms with Gasteiger partial charge in [-0.2, -0.15) is 11.8 Å². The zero-order valence-electron chi connectivity index (χ0n) is 24.3. The number of carbonyl (C=O) groups excluding carboxylic acids is 5. The lowest BCUT2D eigenvalue weighted by Crippen LogP contribution is -2.58. The van der Waals surface area contributed by atoms with Crippen molar-refractivity contribution >= 4 is 52.3 Å². The van der Waals surface area contributed by atoms with Gasteiger partial charge in [-0.15, -0.1) is 0 Å². The molecule has 14 heteroatoms. The topological polar surface area (TPSA) is 219 Å². The number of ether oxygens (including phenoxy) is 1. The number of carbonyl (C=O) groups is 5. The molecule has 236 valence electrons. The number of aliphatic hydroxyl groups excluding tert-OH is 1. The molecule has 0 saturated heterocycles. The van der Waals surface area contributed by atoms with Crippen LogP contribution in [-0.2, 0) is 41.7 Å². The number of primary amides is 1. The van der Waals surface area contributed by atoms with Gasteiger partial charge < -0.3 is 42.2 Å². The van der Waals surface area contributed by atoms with Crippen molar-refractivity contribution in [3.63, 3.8) is 0 Å². The van der Waals surface area contributed by atoms with Crippen LogP contribution in [0.25, 0.3) is 10.9 Å². The van der Waals surface area contributed by atoms with Gasteiger partial charge >= 0.3 is 5.97 Å². The zero-order chi connectivity index (χ0) is 32.1. The maximum absolute atomic E-state index is 13.5. The number of benzene rings is 2. The summed E-state index contributed by atoms with van der Waals surface area (Å²) in [6.45, 7) is -0.657. The fourth-order valence-electron chi connectivity index (χ4n) is 4.36. The lowest BCUT2D eigenvalue weighted by molar-refractivity contribution is -0.149. The third-order valence-corrected chi connectivity index (χ3v) is 7.38. The molecule has 2 aromatic carbocycles. The lowest BCUT2D eigenvalue weighted by Gasteiger charge is -2.25. The molecule has 0 radical (unpaired) electrons. The number of hydrogen-bond acceptors (Lipinski definition) is 9. The predicted octanol–water partition coefficient (Wildman–Crippen LogP) is -0.144. The van der Waals surface area contributed by atoms with Gasteiger partial charge in [0.15, 0.2) is 0 Å². The number of fused-ring (bicyclic) bond motifs is 1. The van der Waals surface area contributed by atoms with E-state index >= 15 is 0 Å². The molecule has 1 heterocycles. The number of amides is 4. The van der Waals surface area contributed by atoms with Crippen molar-refractivity contribution < 1.29 is 33.8 Å². The number of nitrogens with one attached hydrogen (secondary N) is 4. The van der Waals surface area contributed by atoms with E-state index in [2.05, 4.69) is 20.9 Å². The minimum atomic E-state index is -1.47. The molecular weight excluding hydrogens is 588 g/mol. The van der Waals surface area contributed by atoms with Gasteiger partial charge in [0.1, 0.15) is 30.8 Å².